The molecule has 2 rings (SSSR count). The van der Waals surface area contributed by atoms with E-state index in [0.717, 1.165) is 19.3 Å². The van der Waals surface area contributed by atoms with Gasteiger partial charge in [0.15, 0.2) is 0 Å². The molecule has 1 aromatic rings. The monoisotopic (exact) mass is 211 g/mol. The molecule has 3 nitrogen and oxygen atoms in total. The quantitative estimate of drug-likeness (QED) is 0.793. The number of carbonyl (C=O) groups is 1. The molecule has 0 aliphatic heterocycles. The highest BCUT2D eigenvalue weighted by Gasteiger charge is 2.37. The number of rotatable bonds is 3. The van der Waals surface area contributed by atoms with Crippen LogP contribution >= 0.6 is 11.3 Å². The van der Waals surface area contributed by atoms with Gasteiger partial charge >= 0.3 is 0 Å². The molecule has 1 saturated carbocycles. The first-order chi connectivity index (χ1) is 6.76. The van der Waals surface area contributed by atoms with Crippen LogP contribution in [0.4, 0.5) is 0 Å². The normalized spacial score (nSPS) is 18.6. The molecule has 0 unspecified atom stereocenters. The number of thiophene rings is 1. The van der Waals surface area contributed by atoms with Crippen LogP contribution in [0, 0.1) is 0 Å². The average Bonchev–Trinajstić information content (AvgIpc) is 2.63. The molecule has 1 amide bonds. The zero-order valence-electron chi connectivity index (χ0n) is 7.82. The summed E-state index contributed by atoms with van der Waals surface area (Å²) in [6, 6.07) is 3.65. The van der Waals surface area contributed by atoms with Crippen LogP contribution in [0.15, 0.2) is 17.5 Å². The fourth-order valence-corrected chi connectivity index (χ4v) is 2.26. The summed E-state index contributed by atoms with van der Waals surface area (Å²) in [6.07, 6.45) is 2.87. The SMILES string of the molecule is O=C(NC1(CO)CCC1)c1cccs1. The lowest BCUT2D eigenvalue weighted by molar-refractivity contribution is 0.0645. The Bertz CT molecular complexity index is 311. The summed E-state index contributed by atoms with van der Waals surface area (Å²) in [4.78, 5) is 12.4. The highest BCUT2D eigenvalue weighted by molar-refractivity contribution is 7.12. The van der Waals surface area contributed by atoms with Crippen LogP contribution in [0.3, 0.4) is 0 Å². The van der Waals surface area contributed by atoms with Gasteiger partial charge in [-0.05, 0) is 30.7 Å². The van der Waals surface area contributed by atoms with Crippen molar-refractivity contribution in [3.63, 3.8) is 0 Å². The Morgan fingerprint density at radius 2 is 2.43 bits per heavy atom. The number of hydrogen-bond acceptors (Lipinski definition) is 3. The second-order valence-electron chi connectivity index (χ2n) is 3.72. The maximum atomic E-state index is 11.7. The molecule has 1 aliphatic rings. The Balaban J connectivity index is 2.01. The largest absolute Gasteiger partial charge is 0.394 e. The number of aliphatic hydroxyl groups excluding tert-OH is 1. The summed E-state index contributed by atoms with van der Waals surface area (Å²) < 4.78 is 0. The fourth-order valence-electron chi connectivity index (χ4n) is 1.64. The molecule has 0 saturated heterocycles. The number of amides is 1. The van der Waals surface area contributed by atoms with E-state index in [1.54, 1.807) is 6.07 Å². The molecule has 2 N–H and O–H groups in total. The molecule has 1 aromatic heterocycles. The van der Waals surface area contributed by atoms with Crippen LogP contribution < -0.4 is 5.32 Å². The molecule has 14 heavy (non-hydrogen) atoms. The molecule has 0 radical (unpaired) electrons. The summed E-state index contributed by atoms with van der Waals surface area (Å²) in [6.45, 7) is 0.0457. The van der Waals surface area contributed by atoms with Crippen molar-refractivity contribution in [3.8, 4) is 0 Å². The molecule has 1 aliphatic carbocycles. The summed E-state index contributed by atoms with van der Waals surface area (Å²) in [5.74, 6) is -0.0613. The first-order valence-corrected chi connectivity index (χ1v) is 5.61. The molecule has 1 heterocycles. The molecule has 4 heteroatoms. The van der Waals surface area contributed by atoms with E-state index in [9.17, 15) is 9.90 Å². The number of aliphatic hydroxyl groups is 1. The summed E-state index contributed by atoms with van der Waals surface area (Å²) in [5.41, 5.74) is -0.332. The Morgan fingerprint density at radius 1 is 1.64 bits per heavy atom. The third kappa shape index (κ3) is 1.67. The van der Waals surface area contributed by atoms with Crippen LogP contribution in [-0.4, -0.2) is 23.2 Å². The topological polar surface area (TPSA) is 49.3 Å². The van der Waals surface area contributed by atoms with Crippen molar-refractivity contribution in [2.45, 2.75) is 24.8 Å². The van der Waals surface area contributed by atoms with Crippen molar-refractivity contribution in [2.24, 2.45) is 0 Å². The van der Waals surface area contributed by atoms with Crippen molar-refractivity contribution >= 4 is 17.2 Å². The minimum atomic E-state index is -0.332. The van der Waals surface area contributed by atoms with Crippen molar-refractivity contribution in [3.05, 3.63) is 22.4 Å². The Morgan fingerprint density at radius 3 is 2.86 bits per heavy atom. The standard InChI is InChI=1S/C10H13NO2S/c12-7-10(4-2-5-10)11-9(13)8-3-1-6-14-8/h1,3,6,12H,2,4-5,7H2,(H,11,13). The van der Waals surface area contributed by atoms with Gasteiger partial charge in [-0.25, -0.2) is 0 Å². The Labute approximate surface area is 86.8 Å². The van der Waals surface area contributed by atoms with E-state index in [1.807, 2.05) is 11.4 Å². The minimum Gasteiger partial charge on any atom is -0.394 e. The molecular formula is C10H13NO2S. The van der Waals surface area contributed by atoms with Crippen LogP contribution in [0.1, 0.15) is 28.9 Å². The Kier molecular flexibility index (Phi) is 2.56. The van der Waals surface area contributed by atoms with Crippen LogP contribution in [-0.2, 0) is 0 Å². The van der Waals surface area contributed by atoms with Gasteiger partial charge < -0.3 is 10.4 Å². The van der Waals surface area contributed by atoms with E-state index in [2.05, 4.69) is 5.32 Å². The highest BCUT2D eigenvalue weighted by Crippen LogP contribution is 2.31. The Hall–Kier alpha value is -0.870. The third-order valence-electron chi connectivity index (χ3n) is 2.74. The first kappa shape index (κ1) is 9.68. The lowest BCUT2D eigenvalue weighted by Crippen LogP contribution is -2.56. The van der Waals surface area contributed by atoms with Crippen molar-refractivity contribution in [1.82, 2.24) is 5.32 Å². The molecular weight excluding hydrogens is 198 g/mol. The van der Waals surface area contributed by atoms with Gasteiger partial charge in [-0.3, -0.25) is 4.79 Å². The van der Waals surface area contributed by atoms with Crippen LogP contribution in [0.25, 0.3) is 0 Å². The lowest BCUT2D eigenvalue weighted by atomic mass is 9.77. The van der Waals surface area contributed by atoms with Crippen molar-refractivity contribution < 1.29 is 9.90 Å². The van der Waals surface area contributed by atoms with E-state index in [0.29, 0.717) is 4.88 Å². The maximum absolute atomic E-state index is 11.7. The van der Waals surface area contributed by atoms with Crippen LogP contribution in [0.5, 0.6) is 0 Å². The smallest absolute Gasteiger partial charge is 0.261 e. The van der Waals surface area contributed by atoms with Crippen LogP contribution in [0.2, 0.25) is 0 Å². The molecule has 0 atom stereocenters. The van der Waals surface area contributed by atoms with Gasteiger partial charge in [0.1, 0.15) is 0 Å². The van der Waals surface area contributed by atoms with Gasteiger partial charge in [0.05, 0.1) is 17.0 Å². The van der Waals surface area contributed by atoms with Gasteiger partial charge in [0.2, 0.25) is 0 Å². The second-order valence-corrected chi connectivity index (χ2v) is 4.67. The predicted molar refractivity (Wildman–Crippen MR) is 55.5 cm³/mol. The fraction of sp³-hybridized carbons (Fsp3) is 0.500. The van der Waals surface area contributed by atoms with Gasteiger partial charge in [-0.2, -0.15) is 0 Å². The number of nitrogens with one attached hydrogen (secondary N) is 1. The molecule has 76 valence electrons. The summed E-state index contributed by atoms with van der Waals surface area (Å²) >= 11 is 1.42. The van der Waals surface area contributed by atoms with Gasteiger partial charge in [0.25, 0.3) is 5.91 Å². The highest BCUT2D eigenvalue weighted by atomic mass is 32.1. The first-order valence-electron chi connectivity index (χ1n) is 4.73. The molecule has 1 fully saturated rings. The van der Waals surface area contributed by atoms with E-state index in [-0.39, 0.29) is 18.1 Å². The van der Waals surface area contributed by atoms with E-state index >= 15 is 0 Å². The van der Waals surface area contributed by atoms with Gasteiger partial charge in [-0.1, -0.05) is 6.07 Å². The summed E-state index contributed by atoms with van der Waals surface area (Å²) in [5, 5.41) is 14.0. The minimum absolute atomic E-state index is 0.0457. The van der Waals surface area contributed by atoms with E-state index in [4.69, 9.17) is 0 Å². The lowest BCUT2D eigenvalue weighted by Gasteiger charge is -2.40. The second kappa shape index (κ2) is 3.71. The number of hydrogen-bond donors (Lipinski definition) is 2. The molecule has 0 aromatic carbocycles. The van der Waals surface area contributed by atoms with Crippen molar-refractivity contribution in [2.75, 3.05) is 6.61 Å². The van der Waals surface area contributed by atoms with E-state index in [1.165, 1.54) is 11.3 Å². The maximum Gasteiger partial charge on any atom is 0.261 e. The zero-order valence-corrected chi connectivity index (χ0v) is 8.64. The predicted octanol–water partition coefficient (Wildman–Crippen LogP) is 1.39. The number of carbonyl (C=O) groups excluding carboxylic acids is 1. The van der Waals surface area contributed by atoms with Gasteiger partial charge in [-0.15, -0.1) is 11.3 Å². The van der Waals surface area contributed by atoms with Gasteiger partial charge in [0, 0.05) is 0 Å². The molecule has 0 bridgehead atoms. The summed E-state index contributed by atoms with van der Waals surface area (Å²) in [7, 11) is 0. The third-order valence-corrected chi connectivity index (χ3v) is 3.61. The zero-order chi connectivity index (χ0) is 10.0. The van der Waals surface area contributed by atoms with Crippen molar-refractivity contribution in [1.29, 1.82) is 0 Å². The van der Waals surface area contributed by atoms with E-state index < -0.39 is 0 Å². The average molecular weight is 211 g/mol. The molecule has 0 spiro atoms.